The van der Waals surface area contributed by atoms with E-state index >= 15 is 0 Å². The summed E-state index contributed by atoms with van der Waals surface area (Å²) >= 11 is 6.21. The van der Waals surface area contributed by atoms with E-state index in [2.05, 4.69) is 13.8 Å². The van der Waals surface area contributed by atoms with Crippen molar-refractivity contribution in [3.05, 3.63) is 23.2 Å². The molecular formula is C15H23ClO2. The molecule has 0 heterocycles. The van der Waals surface area contributed by atoms with Gasteiger partial charge in [-0.2, -0.15) is 0 Å². The van der Waals surface area contributed by atoms with Crippen molar-refractivity contribution in [2.75, 3.05) is 0 Å². The van der Waals surface area contributed by atoms with Crippen LogP contribution in [0.3, 0.4) is 0 Å². The molecule has 0 spiro atoms. The van der Waals surface area contributed by atoms with Crippen molar-refractivity contribution in [1.29, 1.82) is 0 Å². The van der Waals surface area contributed by atoms with Crippen LogP contribution in [0.5, 0.6) is 11.5 Å². The summed E-state index contributed by atoms with van der Waals surface area (Å²) in [5.74, 6) is 1.50. The molecule has 1 atom stereocenters. The van der Waals surface area contributed by atoms with Crippen LogP contribution in [0.1, 0.15) is 47.5 Å². The molecule has 0 aliphatic rings. The topological polar surface area (TPSA) is 18.5 Å². The summed E-state index contributed by atoms with van der Waals surface area (Å²) in [6.07, 6.45) is 2.09. The maximum atomic E-state index is 6.21. The van der Waals surface area contributed by atoms with E-state index in [0.29, 0.717) is 10.8 Å². The first kappa shape index (κ1) is 15.2. The second-order valence-electron chi connectivity index (χ2n) is 5.14. The molecule has 1 rings (SSSR count). The molecule has 0 N–H and O–H groups in total. The predicted molar refractivity (Wildman–Crippen MR) is 76.8 cm³/mol. The van der Waals surface area contributed by atoms with Gasteiger partial charge < -0.3 is 9.47 Å². The SMILES string of the molecule is CCC(C)Oc1ccc(OC(C)(C)CC)c(Cl)c1. The van der Waals surface area contributed by atoms with E-state index < -0.39 is 0 Å². The molecule has 0 saturated carbocycles. The van der Waals surface area contributed by atoms with Gasteiger partial charge in [0.25, 0.3) is 0 Å². The van der Waals surface area contributed by atoms with Gasteiger partial charge in [-0.25, -0.2) is 0 Å². The van der Waals surface area contributed by atoms with E-state index in [1.807, 2.05) is 39.0 Å². The van der Waals surface area contributed by atoms with Crippen LogP contribution in [0.15, 0.2) is 18.2 Å². The van der Waals surface area contributed by atoms with Crippen LogP contribution >= 0.6 is 11.6 Å². The minimum atomic E-state index is -0.206. The Kier molecular flexibility index (Phi) is 5.33. The molecule has 1 unspecified atom stereocenters. The highest BCUT2D eigenvalue weighted by Gasteiger charge is 2.18. The predicted octanol–water partition coefficient (Wildman–Crippen LogP) is 5.08. The van der Waals surface area contributed by atoms with Gasteiger partial charge in [-0.3, -0.25) is 0 Å². The molecule has 0 aliphatic carbocycles. The van der Waals surface area contributed by atoms with Gasteiger partial charge in [0, 0.05) is 6.07 Å². The van der Waals surface area contributed by atoms with Crippen molar-refractivity contribution in [3.8, 4) is 11.5 Å². The van der Waals surface area contributed by atoms with Gasteiger partial charge in [0.2, 0.25) is 0 Å². The molecule has 2 nitrogen and oxygen atoms in total. The minimum absolute atomic E-state index is 0.194. The molecule has 0 saturated heterocycles. The molecule has 1 aromatic carbocycles. The summed E-state index contributed by atoms with van der Waals surface area (Å²) in [4.78, 5) is 0. The summed E-state index contributed by atoms with van der Waals surface area (Å²) in [6.45, 7) is 10.3. The molecule has 0 aromatic heterocycles. The second-order valence-corrected chi connectivity index (χ2v) is 5.55. The zero-order chi connectivity index (χ0) is 13.8. The molecule has 0 fully saturated rings. The molecule has 0 aliphatic heterocycles. The Labute approximate surface area is 115 Å². The third-order valence-electron chi connectivity index (χ3n) is 3.05. The molecule has 18 heavy (non-hydrogen) atoms. The van der Waals surface area contributed by atoms with Crippen molar-refractivity contribution in [3.63, 3.8) is 0 Å². The summed E-state index contributed by atoms with van der Waals surface area (Å²) in [5.41, 5.74) is -0.206. The molecular weight excluding hydrogens is 248 g/mol. The van der Waals surface area contributed by atoms with Crippen molar-refractivity contribution >= 4 is 11.6 Å². The number of halogens is 1. The number of benzene rings is 1. The smallest absolute Gasteiger partial charge is 0.138 e. The fraction of sp³-hybridized carbons (Fsp3) is 0.600. The normalized spacial score (nSPS) is 13.2. The van der Waals surface area contributed by atoms with Gasteiger partial charge >= 0.3 is 0 Å². The quantitative estimate of drug-likeness (QED) is 0.717. The monoisotopic (exact) mass is 270 g/mol. The third-order valence-corrected chi connectivity index (χ3v) is 3.35. The molecule has 0 amide bonds. The van der Waals surface area contributed by atoms with Gasteiger partial charge in [-0.05, 0) is 45.7 Å². The highest BCUT2D eigenvalue weighted by Crippen LogP contribution is 2.32. The highest BCUT2D eigenvalue weighted by molar-refractivity contribution is 6.32. The van der Waals surface area contributed by atoms with Crippen molar-refractivity contribution in [1.82, 2.24) is 0 Å². The van der Waals surface area contributed by atoms with E-state index in [1.165, 1.54) is 0 Å². The van der Waals surface area contributed by atoms with Crippen molar-refractivity contribution < 1.29 is 9.47 Å². The van der Waals surface area contributed by atoms with Crippen LogP contribution in [0.25, 0.3) is 0 Å². The molecule has 3 heteroatoms. The van der Waals surface area contributed by atoms with Crippen LogP contribution < -0.4 is 9.47 Å². The van der Waals surface area contributed by atoms with Crippen LogP contribution in [-0.4, -0.2) is 11.7 Å². The van der Waals surface area contributed by atoms with Crippen LogP contribution in [0.2, 0.25) is 5.02 Å². The lowest BCUT2D eigenvalue weighted by atomic mass is 10.1. The lowest BCUT2D eigenvalue weighted by Gasteiger charge is -2.25. The Morgan fingerprint density at radius 1 is 1.28 bits per heavy atom. The van der Waals surface area contributed by atoms with Gasteiger partial charge in [-0.1, -0.05) is 25.4 Å². The van der Waals surface area contributed by atoms with E-state index in [-0.39, 0.29) is 11.7 Å². The van der Waals surface area contributed by atoms with Gasteiger partial charge in [0.15, 0.2) is 0 Å². The Morgan fingerprint density at radius 3 is 2.44 bits per heavy atom. The summed E-state index contributed by atoms with van der Waals surface area (Å²) in [5, 5.41) is 0.595. The molecule has 0 radical (unpaired) electrons. The van der Waals surface area contributed by atoms with Gasteiger partial charge in [0.05, 0.1) is 11.1 Å². The van der Waals surface area contributed by atoms with E-state index in [0.717, 1.165) is 18.6 Å². The van der Waals surface area contributed by atoms with Crippen molar-refractivity contribution in [2.24, 2.45) is 0 Å². The molecule has 102 valence electrons. The average Bonchev–Trinajstić information content (AvgIpc) is 2.32. The number of hydrogen-bond acceptors (Lipinski definition) is 2. The zero-order valence-electron chi connectivity index (χ0n) is 11.9. The summed E-state index contributed by atoms with van der Waals surface area (Å²) in [6, 6.07) is 5.59. The Morgan fingerprint density at radius 2 is 1.94 bits per heavy atom. The summed E-state index contributed by atoms with van der Waals surface area (Å²) < 4.78 is 11.6. The third kappa shape index (κ3) is 4.41. The highest BCUT2D eigenvalue weighted by atomic mass is 35.5. The number of hydrogen-bond donors (Lipinski definition) is 0. The second kappa shape index (κ2) is 6.33. The van der Waals surface area contributed by atoms with Crippen LogP contribution in [0.4, 0.5) is 0 Å². The van der Waals surface area contributed by atoms with E-state index in [4.69, 9.17) is 21.1 Å². The minimum Gasteiger partial charge on any atom is -0.491 e. The first-order chi connectivity index (χ1) is 8.38. The lowest BCUT2D eigenvalue weighted by Crippen LogP contribution is -2.26. The number of ether oxygens (including phenoxy) is 2. The molecule has 0 bridgehead atoms. The lowest BCUT2D eigenvalue weighted by molar-refractivity contribution is 0.105. The Balaban J connectivity index is 2.80. The largest absolute Gasteiger partial charge is 0.491 e. The average molecular weight is 271 g/mol. The van der Waals surface area contributed by atoms with Gasteiger partial charge in [0.1, 0.15) is 17.1 Å². The zero-order valence-corrected chi connectivity index (χ0v) is 12.7. The van der Waals surface area contributed by atoms with E-state index in [1.54, 1.807) is 0 Å². The van der Waals surface area contributed by atoms with Crippen molar-refractivity contribution in [2.45, 2.75) is 59.2 Å². The van der Waals surface area contributed by atoms with E-state index in [9.17, 15) is 0 Å². The molecule has 1 aromatic rings. The maximum Gasteiger partial charge on any atom is 0.138 e. The fourth-order valence-electron chi connectivity index (χ4n) is 1.32. The number of rotatable bonds is 6. The summed E-state index contributed by atoms with van der Waals surface area (Å²) in [7, 11) is 0. The van der Waals surface area contributed by atoms with Crippen LogP contribution in [-0.2, 0) is 0 Å². The standard InChI is InChI=1S/C15H23ClO2/c1-6-11(3)17-12-8-9-14(13(16)10-12)18-15(4,5)7-2/h8-11H,6-7H2,1-5H3. The first-order valence-electron chi connectivity index (χ1n) is 6.53. The first-order valence-corrected chi connectivity index (χ1v) is 6.91. The fourth-order valence-corrected chi connectivity index (χ4v) is 1.53. The van der Waals surface area contributed by atoms with Gasteiger partial charge in [-0.15, -0.1) is 0 Å². The van der Waals surface area contributed by atoms with Crippen LogP contribution in [0, 0.1) is 0 Å². The maximum absolute atomic E-state index is 6.21. The Hall–Kier alpha value is -0.890. The Bertz CT molecular complexity index is 388.